The number of rotatable bonds is 8. The number of hydrogen-bond donors (Lipinski definition) is 1. The number of nitrogens with zero attached hydrogens (tertiary/aromatic N) is 2. The average molecular weight is 439 g/mol. The number of halogens is 2. The molecule has 2 aromatic rings. The van der Waals surface area contributed by atoms with Gasteiger partial charge in [-0.1, -0.05) is 25.1 Å². The number of methoxy groups -OCH3 is 1. The fourth-order valence-corrected chi connectivity index (χ4v) is 3.27. The Kier molecular flexibility index (Phi) is 6.98. The maximum atomic E-state index is 14.2. The molecule has 2 N–H and O–H groups in total. The molecule has 168 valence electrons. The third kappa shape index (κ3) is 5.43. The van der Waals surface area contributed by atoms with Crippen molar-refractivity contribution in [1.29, 1.82) is 0 Å². The monoisotopic (exact) mass is 439 g/mol. The lowest BCUT2D eigenvalue weighted by Gasteiger charge is -2.27. The van der Waals surface area contributed by atoms with Crippen LogP contribution in [0, 0.1) is 5.92 Å². The summed E-state index contributed by atoms with van der Waals surface area (Å²) in [6.07, 6.45) is -5.65. The minimum absolute atomic E-state index is 0.0252. The lowest BCUT2D eigenvalue weighted by molar-refractivity contribution is -0.296. The second-order valence-corrected chi connectivity index (χ2v) is 7.08. The molecule has 1 aromatic carbocycles. The zero-order chi connectivity index (χ0) is 22.6. The van der Waals surface area contributed by atoms with E-state index >= 15 is 0 Å². The maximum Gasteiger partial charge on any atom is 0.379 e. The van der Waals surface area contributed by atoms with Crippen LogP contribution in [-0.4, -0.2) is 54.2 Å². The smallest absolute Gasteiger partial charge is 0.379 e. The number of ether oxygens (including phenoxy) is 4. The Bertz CT molecular complexity index is 955. The molecule has 1 fully saturated rings. The molecule has 0 saturated carbocycles. The Hall–Kier alpha value is -2.89. The number of carbonyl (C=O) groups excluding carboxylic acids is 1. The molecule has 4 atom stereocenters. The molecule has 2 heterocycles. The van der Waals surface area contributed by atoms with E-state index in [0.29, 0.717) is 5.56 Å². The number of nitrogens with two attached hydrogens (primary N) is 1. The molecule has 0 aliphatic carbocycles. The summed E-state index contributed by atoms with van der Waals surface area (Å²) in [4.78, 5) is 28.1. The normalized spacial score (nSPS) is 23.6. The van der Waals surface area contributed by atoms with Crippen LogP contribution in [0.4, 0.5) is 14.6 Å². The Balaban J connectivity index is 1.80. The quantitative estimate of drug-likeness (QED) is 0.620. The SMILES string of the molecule is COCC(F)(F)O[C@@H]1[C@H](C)[C@@H](COC(=O)c2ccccc2)O[C@H]1n1ccc(N)nc1=O. The molecule has 1 aliphatic heterocycles. The number of esters is 1. The largest absolute Gasteiger partial charge is 0.459 e. The van der Waals surface area contributed by atoms with Crippen LogP contribution in [0.15, 0.2) is 47.4 Å². The summed E-state index contributed by atoms with van der Waals surface area (Å²) in [6, 6.07) is 9.63. The van der Waals surface area contributed by atoms with Crippen LogP contribution in [0.1, 0.15) is 23.5 Å². The van der Waals surface area contributed by atoms with Gasteiger partial charge >= 0.3 is 17.8 Å². The van der Waals surface area contributed by atoms with Gasteiger partial charge in [-0.15, -0.1) is 0 Å². The number of nitrogen functional groups attached to an aromatic ring is 1. The molecule has 1 saturated heterocycles. The number of alkyl halides is 2. The second kappa shape index (κ2) is 9.50. The van der Waals surface area contributed by atoms with Crippen LogP contribution in [0.2, 0.25) is 0 Å². The molecule has 31 heavy (non-hydrogen) atoms. The van der Waals surface area contributed by atoms with Crippen LogP contribution in [0.5, 0.6) is 0 Å². The van der Waals surface area contributed by atoms with Crippen molar-refractivity contribution in [2.24, 2.45) is 5.92 Å². The lowest BCUT2D eigenvalue weighted by atomic mass is 10.0. The minimum atomic E-state index is -3.63. The van der Waals surface area contributed by atoms with E-state index in [4.69, 9.17) is 19.9 Å². The molecule has 0 radical (unpaired) electrons. The van der Waals surface area contributed by atoms with Crippen LogP contribution >= 0.6 is 0 Å². The predicted octanol–water partition coefficient (Wildman–Crippen LogP) is 1.84. The van der Waals surface area contributed by atoms with E-state index in [1.807, 2.05) is 0 Å². The number of hydrogen-bond acceptors (Lipinski definition) is 8. The molecule has 0 bridgehead atoms. The van der Waals surface area contributed by atoms with E-state index in [-0.39, 0.29) is 12.4 Å². The van der Waals surface area contributed by atoms with E-state index in [1.54, 1.807) is 37.3 Å². The molecular weight excluding hydrogens is 416 g/mol. The Labute approximate surface area is 176 Å². The topological polar surface area (TPSA) is 115 Å². The Morgan fingerprint density at radius 2 is 2.00 bits per heavy atom. The second-order valence-electron chi connectivity index (χ2n) is 7.08. The molecule has 3 rings (SSSR count). The first-order chi connectivity index (χ1) is 14.7. The van der Waals surface area contributed by atoms with E-state index in [1.165, 1.54) is 12.3 Å². The average Bonchev–Trinajstić information content (AvgIpc) is 3.01. The summed E-state index contributed by atoms with van der Waals surface area (Å²) < 4.78 is 49.9. The van der Waals surface area contributed by atoms with E-state index in [0.717, 1.165) is 11.7 Å². The molecule has 1 aliphatic rings. The Morgan fingerprint density at radius 1 is 1.29 bits per heavy atom. The minimum Gasteiger partial charge on any atom is -0.459 e. The third-order valence-corrected chi connectivity index (χ3v) is 4.83. The summed E-state index contributed by atoms with van der Waals surface area (Å²) in [7, 11) is 1.11. The standard InChI is InChI=1S/C20H23F2N3O6/c1-12-14(10-29-18(26)13-6-4-3-5-7-13)30-17(16(12)31-20(21,22)11-28-2)25-9-8-15(23)24-19(25)27/h3-9,12,14,16-17H,10-11H2,1-2H3,(H2,23,24,27)/t12-,14-,16-,17-/m1/s1. The molecule has 0 unspecified atom stereocenters. The van der Waals surface area contributed by atoms with Gasteiger partial charge in [0.25, 0.3) is 0 Å². The van der Waals surface area contributed by atoms with Crippen molar-refractivity contribution in [3.63, 3.8) is 0 Å². The van der Waals surface area contributed by atoms with Gasteiger partial charge in [-0.05, 0) is 18.2 Å². The highest BCUT2D eigenvalue weighted by Gasteiger charge is 2.49. The van der Waals surface area contributed by atoms with Crippen LogP contribution in [0.25, 0.3) is 0 Å². The van der Waals surface area contributed by atoms with Crippen molar-refractivity contribution in [2.75, 3.05) is 26.1 Å². The summed E-state index contributed by atoms with van der Waals surface area (Å²) in [5.41, 5.74) is 5.05. The molecule has 0 amide bonds. The van der Waals surface area contributed by atoms with Crippen LogP contribution in [-0.2, 0) is 18.9 Å². The number of benzene rings is 1. The fourth-order valence-electron chi connectivity index (χ4n) is 3.27. The van der Waals surface area contributed by atoms with Gasteiger partial charge in [-0.2, -0.15) is 13.8 Å². The van der Waals surface area contributed by atoms with Gasteiger partial charge in [0.05, 0.1) is 11.7 Å². The van der Waals surface area contributed by atoms with E-state index in [2.05, 4.69) is 9.72 Å². The first kappa shape index (κ1) is 22.8. The zero-order valence-electron chi connectivity index (χ0n) is 16.9. The van der Waals surface area contributed by atoms with E-state index in [9.17, 15) is 18.4 Å². The number of anilines is 1. The van der Waals surface area contributed by atoms with Crippen molar-refractivity contribution < 1.29 is 32.5 Å². The van der Waals surface area contributed by atoms with Crippen molar-refractivity contribution in [3.05, 3.63) is 58.6 Å². The van der Waals surface area contributed by atoms with Crippen molar-refractivity contribution in [1.82, 2.24) is 9.55 Å². The van der Waals surface area contributed by atoms with Gasteiger partial charge in [0.1, 0.15) is 25.1 Å². The number of aromatic nitrogens is 2. The lowest BCUT2D eigenvalue weighted by Crippen LogP contribution is -2.40. The number of carbonyl (C=O) groups is 1. The highest BCUT2D eigenvalue weighted by molar-refractivity contribution is 5.89. The summed E-state index contributed by atoms with van der Waals surface area (Å²) >= 11 is 0. The molecule has 0 spiro atoms. The highest BCUT2D eigenvalue weighted by atomic mass is 19.3. The summed E-state index contributed by atoms with van der Waals surface area (Å²) in [5, 5.41) is 0. The van der Waals surface area contributed by atoms with Crippen molar-refractivity contribution in [3.8, 4) is 0 Å². The summed E-state index contributed by atoms with van der Waals surface area (Å²) in [6.45, 7) is 0.397. The zero-order valence-corrected chi connectivity index (χ0v) is 16.9. The van der Waals surface area contributed by atoms with E-state index < -0.39 is 48.7 Å². The first-order valence-corrected chi connectivity index (χ1v) is 9.48. The fraction of sp³-hybridized carbons (Fsp3) is 0.450. The molecule has 1 aromatic heterocycles. The van der Waals surface area contributed by atoms with Gasteiger partial charge in [0, 0.05) is 19.2 Å². The highest BCUT2D eigenvalue weighted by Crippen LogP contribution is 2.38. The maximum absolute atomic E-state index is 14.2. The van der Waals surface area contributed by atoms with Gasteiger partial charge in [-0.3, -0.25) is 4.57 Å². The summed E-state index contributed by atoms with van der Waals surface area (Å²) in [5.74, 6) is -1.28. The van der Waals surface area contributed by atoms with Crippen molar-refractivity contribution >= 4 is 11.8 Å². The van der Waals surface area contributed by atoms with Crippen LogP contribution in [0.3, 0.4) is 0 Å². The van der Waals surface area contributed by atoms with Crippen molar-refractivity contribution in [2.45, 2.75) is 31.5 Å². The van der Waals surface area contributed by atoms with Gasteiger partial charge < -0.3 is 24.7 Å². The first-order valence-electron chi connectivity index (χ1n) is 9.48. The van der Waals surface area contributed by atoms with Crippen LogP contribution < -0.4 is 11.4 Å². The third-order valence-electron chi connectivity index (χ3n) is 4.83. The molecule has 9 nitrogen and oxygen atoms in total. The molecular formula is C20H23F2N3O6. The van der Waals surface area contributed by atoms with Gasteiger partial charge in [0.2, 0.25) is 0 Å². The van der Waals surface area contributed by atoms with Gasteiger partial charge in [0.15, 0.2) is 6.23 Å². The Morgan fingerprint density at radius 3 is 2.65 bits per heavy atom. The molecule has 11 heteroatoms. The predicted molar refractivity (Wildman–Crippen MR) is 104 cm³/mol. The van der Waals surface area contributed by atoms with Gasteiger partial charge in [-0.25, -0.2) is 9.59 Å².